The zero-order valence-electron chi connectivity index (χ0n) is 12.4. The highest BCUT2D eigenvalue weighted by molar-refractivity contribution is 7.98. The second kappa shape index (κ2) is 8.52. The maximum absolute atomic E-state index is 9.97. The number of hydrogen-bond acceptors (Lipinski definition) is 5. The molecule has 0 amide bonds. The lowest BCUT2D eigenvalue weighted by molar-refractivity contribution is 0.0701. The molecule has 0 saturated carbocycles. The fourth-order valence-electron chi connectivity index (χ4n) is 1.83. The topological polar surface area (TPSA) is 61.7 Å². The van der Waals surface area contributed by atoms with Crippen LogP contribution in [0.4, 0.5) is 0 Å². The molecule has 0 aliphatic carbocycles. The lowest BCUT2D eigenvalue weighted by Crippen LogP contribution is -2.43. The number of rotatable bonds is 9. The molecule has 20 heavy (non-hydrogen) atoms. The van der Waals surface area contributed by atoms with Crippen molar-refractivity contribution in [1.82, 2.24) is 5.32 Å². The Balaban J connectivity index is 2.22. The first-order valence-corrected chi connectivity index (χ1v) is 8.12. The minimum atomic E-state index is -0.753. The van der Waals surface area contributed by atoms with Crippen LogP contribution in [-0.2, 0) is 0 Å². The second-order valence-electron chi connectivity index (χ2n) is 5.34. The summed E-state index contributed by atoms with van der Waals surface area (Å²) >= 11 is 1.60. The second-order valence-corrected chi connectivity index (χ2v) is 6.21. The van der Waals surface area contributed by atoms with E-state index in [0.717, 1.165) is 11.3 Å². The summed E-state index contributed by atoms with van der Waals surface area (Å²) in [6, 6.07) is 7.73. The smallest absolute Gasteiger partial charge is 0.119 e. The summed E-state index contributed by atoms with van der Waals surface area (Å²) in [5.41, 5.74) is 0.375. The first-order valence-electron chi connectivity index (χ1n) is 6.72. The molecule has 3 N–H and O–H groups in total. The van der Waals surface area contributed by atoms with Crippen LogP contribution in [0.1, 0.15) is 12.5 Å². The minimum Gasteiger partial charge on any atom is -0.491 e. The van der Waals surface area contributed by atoms with Crippen LogP contribution in [0.3, 0.4) is 0 Å². The number of hydrogen-bond donors (Lipinski definition) is 3. The van der Waals surface area contributed by atoms with Gasteiger partial charge in [-0.25, -0.2) is 0 Å². The van der Waals surface area contributed by atoms with Crippen LogP contribution in [0.2, 0.25) is 0 Å². The molecule has 0 saturated heterocycles. The van der Waals surface area contributed by atoms with Crippen molar-refractivity contribution in [3.05, 3.63) is 29.8 Å². The number of benzene rings is 1. The van der Waals surface area contributed by atoms with Crippen LogP contribution in [0.15, 0.2) is 24.3 Å². The molecule has 5 heteroatoms. The van der Waals surface area contributed by atoms with E-state index in [0.29, 0.717) is 18.8 Å². The van der Waals surface area contributed by atoms with Crippen molar-refractivity contribution in [2.24, 2.45) is 0 Å². The standard InChI is InChI=1S/C15H25NO3S/c1-12-5-4-6-14(7-12)19-9-13(17)8-16-10-15(2,18)11-20-3/h4-7,13,16-18H,8-11H2,1-3H3. The summed E-state index contributed by atoms with van der Waals surface area (Å²) in [6.45, 7) is 4.87. The zero-order valence-corrected chi connectivity index (χ0v) is 13.2. The number of nitrogens with one attached hydrogen (secondary N) is 1. The van der Waals surface area contributed by atoms with Crippen molar-refractivity contribution in [2.45, 2.75) is 25.6 Å². The van der Waals surface area contributed by atoms with Crippen molar-refractivity contribution in [3.63, 3.8) is 0 Å². The molecule has 0 radical (unpaired) electrons. The summed E-state index contributed by atoms with van der Waals surface area (Å²) in [5, 5.41) is 22.9. The van der Waals surface area contributed by atoms with Crippen molar-refractivity contribution in [3.8, 4) is 5.75 Å². The Bertz CT molecular complexity index is 398. The normalized spacial score (nSPS) is 15.7. The number of aliphatic hydroxyl groups is 2. The van der Waals surface area contributed by atoms with E-state index >= 15 is 0 Å². The van der Waals surface area contributed by atoms with Gasteiger partial charge in [-0.2, -0.15) is 11.8 Å². The van der Waals surface area contributed by atoms with Gasteiger partial charge in [-0.1, -0.05) is 12.1 Å². The van der Waals surface area contributed by atoms with Crippen LogP contribution in [0.5, 0.6) is 5.75 Å². The van der Waals surface area contributed by atoms with Crippen LogP contribution >= 0.6 is 11.8 Å². The molecule has 1 aromatic rings. The fourth-order valence-corrected chi connectivity index (χ4v) is 2.55. The maximum Gasteiger partial charge on any atom is 0.119 e. The lowest BCUT2D eigenvalue weighted by atomic mass is 10.1. The zero-order chi connectivity index (χ0) is 15.0. The molecule has 0 aromatic heterocycles. The highest BCUT2D eigenvalue weighted by Gasteiger charge is 2.19. The summed E-state index contributed by atoms with van der Waals surface area (Å²) < 4.78 is 5.52. The van der Waals surface area contributed by atoms with Gasteiger partial charge in [0.2, 0.25) is 0 Å². The number of aryl methyl sites for hydroxylation is 1. The third kappa shape index (κ3) is 7.14. The molecule has 2 atom stereocenters. The molecule has 0 aliphatic rings. The number of ether oxygens (including phenoxy) is 1. The van der Waals surface area contributed by atoms with Crippen LogP contribution in [0, 0.1) is 6.92 Å². The Morgan fingerprint density at radius 3 is 2.85 bits per heavy atom. The minimum absolute atomic E-state index is 0.237. The average Bonchev–Trinajstić information content (AvgIpc) is 2.36. The average molecular weight is 299 g/mol. The number of thioether (sulfide) groups is 1. The highest BCUT2D eigenvalue weighted by atomic mass is 32.2. The predicted octanol–water partition coefficient (Wildman–Crippen LogP) is 1.44. The van der Waals surface area contributed by atoms with Gasteiger partial charge in [-0.3, -0.25) is 0 Å². The van der Waals surface area contributed by atoms with Crippen LogP contribution in [0.25, 0.3) is 0 Å². The van der Waals surface area contributed by atoms with Crippen molar-refractivity contribution >= 4 is 11.8 Å². The summed E-state index contributed by atoms with van der Waals surface area (Å²) in [6.07, 6.45) is 1.36. The van der Waals surface area contributed by atoms with E-state index in [9.17, 15) is 10.2 Å². The van der Waals surface area contributed by atoms with Gasteiger partial charge in [-0.05, 0) is 37.8 Å². The Morgan fingerprint density at radius 2 is 2.20 bits per heavy atom. The Hall–Kier alpha value is -0.750. The van der Waals surface area contributed by atoms with E-state index in [-0.39, 0.29) is 6.61 Å². The largest absolute Gasteiger partial charge is 0.491 e. The van der Waals surface area contributed by atoms with E-state index < -0.39 is 11.7 Å². The molecule has 0 bridgehead atoms. The summed E-state index contributed by atoms with van der Waals surface area (Å²) in [4.78, 5) is 0. The van der Waals surface area contributed by atoms with E-state index in [1.54, 1.807) is 18.7 Å². The van der Waals surface area contributed by atoms with E-state index in [2.05, 4.69) is 5.32 Å². The molecular weight excluding hydrogens is 274 g/mol. The number of aliphatic hydroxyl groups excluding tert-OH is 1. The molecule has 0 aliphatic heterocycles. The molecule has 0 spiro atoms. The summed E-state index contributed by atoms with van der Waals surface area (Å²) in [7, 11) is 0. The molecular formula is C15H25NO3S. The van der Waals surface area contributed by atoms with Gasteiger partial charge in [0.05, 0.1) is 5.60 Å². The third-order valence-corrected chi connectivity index (χ3v) is 3.68. The van der Waals surface area contributed by atoms with Gasteiger partial charge < -0.3 is 20.3 Å². The van der Waals surface area contributed by atoms with E-state index in [1.165, 1.54) is 0 Å². The van der Waals surface area contributed by atoms with Crippen molar-refractivity contribution in [1.29, 1.82) is 0 Å². The monoisotopic (exact) mass is 299 g/mol. The molecule has 1 rings (SSSR count). The third-order valence-electron chi connectivity index (χ3n) is 2.77. The van der Waals surface area contributed by atoms with Gasteiger partial charge in [-0.15, -0.1) is 0 Å². The molecule has 114 valence electrons. The van der Waals surface area contributed by atoms with Gasteiger partial charge in [0, 0.05) is 18.8 Å². The first-order chi connectivity index (χ1) is 9.43. The predicted molar refractivity (Wildman–Crippen MR) is 84.6 cm³/mol. The SMILES string of the molecule is CSCC(C)(O)CNCC(O)COc1cccc(C)c1. The molecule has 0 fully saturated rings. The highest BCUT2D eigenvalue weighted by Crippen LogP contribution is 2.12. The molecule has 2 unspecified atom stereocenters. The van der Waals surface area contributed by atoms with Crippen LogP contribution in [-0.4, -0.2) is 53.6 Å². The molecule has 1 aromatic carbocycles. The Kier molecular flexibility index (Phi) is 7.37. The Morgan fingerprint density at radius 1 is 1.45 bits per heavy atom. The molecule has 4 nitrogen and oxygen atoms in total. The van der Waals surface area contributed by atoms with Crippen molar-refractivity contribution in [2.75, 3.05) is 31.7 Å². The van der Waals surface area contributed by atoms with E-state index in [1.807, 2.05) is 37.4 Å². The maximum atomic E-state index is 9.97. The van der Waals surface area contributed by atoms with Crippen molar-refractivity contribution < 1.29 is 14.9 Å². The van der Waals surface area contributed by atoms with Gasteiger partial charge in [0.25, 0.3) is 0 Å². The Labute approximate surface area is 125 Å². The first kappa shape index (κ1) is 17.3. The van der Waals surface area contributed by atoms with E-state index in [4.69, 9.17) is 4.74 Å². The quantitative estimate of drug-likeness (QED) is 0.644. The summed E-state index contributed by atoms with van der Waals surface area (Å²) in [5.74, 6) is 1.43. The van der Waals surface area contributed by atoms with Gasteiger partial charge in [0.15, 0.2) is 0 Å². The van der Waals surface area contributed by atoms with Crippen LogP contribution < -0.4 is 10.1 Å². The van der Waals surface area contributed by atoms with Gasteiger partial charge >= 0.3 is 0 Å². The lowest BCUT2D eigenvalue weighted by Gasteiger charge is -2.23. The molecule has 0 heterocycles. The van der Waals surface area contributed by atoms with Gasteiger partial charge in [0.1, 0.15) is 18.5 Å². The fraction of sp³-hybridized carbons (Fsp3) is 0.600.